The van der Waals surface area contributed by atoms with Gasteiger partial charge in [-0.1, -0.05) is 18.7 Å². The number of carbonyl (C=O) groups excluding carboxylic acids is 2. The van der Waals surface area contributed by atoms with Crippen LogP contribution in [-0.2, 0) is 9.59 Å². The molecule has 1 atom stereocenters. The van der Waals surface area contributed by atoms with Gasteiger partial charge in [-0.05, 0) is 38.5 Å². The highest BCUT2D eigenvalue weighted by atomic mass is 32.2. The molecule has 1 unspecified atom stereocenters. The molecule has 1 fully saturated rings. The van der Waals surface area contributed by atoms with Crippen molar-refractivity contribution in [2.75, 3.05) is 13.1 Å². The Hall–Kier alpha value is -0.840. The summed E-state index contributed by atoms with van der Waals surface area (Å²) in [4.78, 5) is 29.4. The first kappa shape index (κ1) is 14.6. The predicted molar refractivity (Wildman–Crippen MR) is 78.3 cm³/mol. The average Bonchev–Trinajstić information content (AvgIpc) is 2.65. The topological polar surface area (TPSA) is 49.7 Å². The molecule has 2 rings (SSSR count). The van der Waals surface area contributed by atoms with Gasteiger partial charge in [0.25, 0.3) is 5.91 Å². The van der Waals surface area contributed by atoms with E-state index in [4.69, 9.17) is 0 Å². The molecule has 2 heterocycles. The van der Waals surface area contributed by atoms with Crippen molar-refractivity contribution in [3.63, 3.8) is 0 Å². The zero-order valence-electron chi connectivity index (χ0n) is 11.9. The first-order chi connectivity index (χ1) is 8.97. The number of thioether (sulfide) groups is 1. The van der Waals surface area contributed by atoms with Crippen molar-refractivity contribution in [1.29, 1.82) is 0 Å². The summed E-state index contributed by atoms with van der Waals surface area (Å²) in [5.41, 5.74) is 0. The van der Waals surface area contributed by atoms with E-state index >= 15 is 0 Å². The lowest BCUT2D eigenvalue weighted by atomic mass is 9.85. The fourth-order valence-electron chi connectivity index (χ4n) is 3.01. The molecular weight excluding hydrogens is 260 g/mol. The first-order valence-electron chi connectivity index (χ1n) is 7.01. The molecule has 0 aromatic rings. The smallest absolute Gasteiger partial charge is 0.263 e. The largest absolute Gasteiger partial charge is 0.343 e. The van der Waals surface area contributed by atoms with E-state index in [2.05, 4.69) is 11.9 Å². The van der Waals surface area contributed by atoms with Crippen LogP contribution in [0.2, 0.25) is 0 Å². The third-order valence-electron chi connectivity index (χ3n) is 4.24. The molecule has 2 aliphatic heterocycles. The number of rotatable bonds is 3. The second-order valence-electron chi connectivity index (χ2n) is 5.54. The van der Waals surface area contributed by atoms with Crippen LogP contribution in [-0.4, -0.2) is 39.6 Å². The molecular formula is C14H22N2O2S. The lowest BCUT2D eigenvalue weighted by Crippen LogP contribution is -2.40. The minimum absolute atomic E-state index is 0.0477. The summed E-state index contributed by atoms with van der Waals surface area (Å²) in [6, 6.07) is 0. The first-order valence-corrected chi connectivity index (χ1v) is 7.83. The van der Waals surface area contributed by atoms with E-state index in [-0.39, 0.29) is 16.6 Å². The lowest BCUT2D eigenvalue weighted by Gasteiger charge is -2.35. The monoisotopic (exact) mass is 282 g/mol. The van der Waals surface area contributed by atoms with Crippen LogP contribution in [0.4, 0.5) is 0 Å². The molecule has 19 heavy (non-hydrogen) atoms. The highest BCUT2D eigenvalue weighted by Gasteiger charge is 2.44. The highest BCUT2D eigenvalue weighted by molar-refractivity contribution is 8.16. The van der Waals surface area contributed by atoms with Crippen LogP contribution in [0.3, 0.4) is 0 Å². The molecule has 0 spiro atoms. The molecule has 0 aromatic heterocycles. The summed E-state index contributed by atoms with van der Waals surface area (Å²) in [7, 11) is 0. The van der Waals surface area contributed by atoms with E-state index in [1.807, 2.05) is 11.8 Å². The second-order valence-corrected chi connectivity index (χ2v) is 7.12. The predicted octanol–water partition coefficient (Wildman–Crippen LogP) is 2.48. The number of nitrogens with zero attached hydrogens (tertiary/aromatic N) is 2. The Labute approximate surface area is 119 Å². The van der Waals surface area contributed by atoms with Gasteiger partial charge in [-0.3, -0.25) is 9.59 Å². The van der Waals surface area contributed by atoms with Gasteiger partial charge in [-0.25, -0.2) is 4.99 Å². The van der Waals surface area contributed by atoms with E-state index in [0.29, 0.717) is 5.92 Å². The van der Waals surface area contributed by atoms with Crippen molar-refractivity contribution in [1.82, 2.24) is 4.90 Å². The standard InChI is InChI=1S/C14H22N2O2S/c1-4-14(13(18)15-10(2)19-14)9-12-5-7-16(8-6-12)11(3)17/h12H,4-9H2,1-3H3. The maximum absolute atomic E-state index is 12.1. The minimum atomic E-state index is -0.326. The van der Waals surface area contributed by atoms with Gasteiger partial charge in [-0.2, -0.15) is 0 Å². The number of carbonyl (C=O) groups is 2. The number of hydrogen-bond donors (Lipinski definition) is 0. The summed E-state index contributed by atoms with van der Waals surface area (Å²) in [6.07, 6.45) is 3.76. The van der Waals surface area contributed by atoms with Gasteiger partial charge in [0.2, 0.25) is 5.91 Å². The van der Waals surface area contributed by atoms with Crippen LogP contribution < -0.4 is 0 Å². The van der Waals surface area contributed by atoms with Crippen LogP contribution >= 0.6 is 11.8 Å². The quantitative estimate of drug-likeness (QED) is 0.799. The van der Waals surface area contributed by atoms with Crippen LogP contribution in [0.5, 0.6) is 0 Å². The van der Waals surface area contributed by atoms with E-state index in [0.717, 1.165) is 43.8 Å². The maximum atomic E-state index is 12.1. The summed E-state index contributed by atoms with van der Waals surface area (Å²) in [5.74, 6) is 0.744. The Morgan fingerprint density at radius 1 is 1.47 bits per heavy atom. The molecule has 0 saturated carbocycles. The molecule has 2 amide bonds. The van der Waals surface area contributed by atoms with E-state index in [9.17, 15) is 9.59 Å². The molecule has 5 heteroatoms. The van der Waals surface area contributed by atoms with E-state index in [1.165, 1.54) is 0 Å². The molecule has 4 nitrogen and oxygen atoms in total. The lowest BCUT2D eigenvalue weighted by molar-refractivity contribution is -0.130. The fourth-order valence-corrected chi connectivity index (χ4v) is 4.30. The van der Waals surface area contributed by atoms with Crippen LogP contribution in [0.1, 0.15) is 46.5 Å². The Kier molecular flexibility index (Phi) is 4.33. The summed E-state index contributed by atoms with van der Waals surface area (Å²) in [5, 5.41) is 0.896. The van der Waals surface area contributed by atoms with Crippen molar-refractivity contribution >= 4 is 28.6 Å². The van der Waals surface area contributed by atoms with E-state index < -0.39 is 0 Å². The average molecular weight is 282 g/mol. The van der Waals surface area contributed by atoms with Gasteiger partial charge in [0, 0.05) is 20.0 Å². The maximum Gasteiger partial charge on any atom is 0.263 e. The SMILES string of the molecule is CCC1(CC2CCN(C(C)=O)CC2)SC(C)=NC1=O. The molecule has 0 radical (unpaired) electrons. The van der Waals surface area contributed by atoms with Crippen LogP contribution in [0, 0.1) is 5.92 Å². The van der Waals surface area contributed by atoms with Crippen LogP contribution in [0.15, 0.2) is 4.99 Å². The van der Waals surface area contributed by atoms with Crippen molar-refractivity contribution in [2.24, 2.45) is 10.9 Å². The van der Waals surface area contributed by atoms with Gasteiger partial charge in [0.1, 0.15) is 4.75 Å². The van der Waals surface area contributed by atoms with Gasteiger partial charge in [0.05, 0.1) is 5.04 Å². The van der Waals surface area contributed by atoms with Crippen LogP contribution in [0.25, 0.3) is 0 Å². The molecule has 106 valence electrons. The normalized spacial score (nSPS) is 28.7. The molecule has 0 aromatic carbocycles. The fraction of sp³-hybridized carbons (Fsp3) is 0.786. The van der Waals surface area contributed by atoms with Crippen molar-refractivity contribution in [2.45, 2.75) is 51.2 Å². The Morgan fingerprint density at radius 2 is 2.11 bits per heavy atom. The van der Waals surface area contributed by atoms with Crippen molar-refractivity contribution in [3.8, 4) is 0 Å². The summed E-state index contributed by atoms with van der Waals surface area (Å²) < 4.78 is -0.326. The number of hydrogen-bond acceptors (Lipinski definition) is 3. The minimum Gasteiger partial charge on any atom is -0.343 e. The van der Waals surface area contributed by atoms with E-state index in [1.54, 1.807) is 18.7 Å². The second kappa shape index (κ2) is 5.65. The Balaban J connectivity index is 1.95. The zero-order valence-corrected chi connectivity index (χ0v) is 12.8. The third kappa shape index (κ3) is 3.02. The highest BCUT2D eigenvalue weighted by Crippen LogP contribution is 2.43. The molecule has 0 bridgehead atoms. The van der Waals surface area contributed by atoms with Gasteiger partial charge in [-0.15, -0.1) is 0 Å². The van der Waals surface area contributed by atoms with Gasteiger partial charge in [0.15, 0.2) is 0 Å². The number of likely N-dealkylation sites (tertiary alicyclic amines) is 1. The van der Waals surface area contributed by atoms with Crippen molar-refractivity contribution < 1.29 is 9.59 Å². The third-order valence-corrected chi connectivity index (χ3v) is 5.65. The Bertz CT molecular complexity index is 414. The molecule has 2 aliphatic rings. The summed E-state index contributed by atoms with van der Waals surface area (Å²) >= 11 is 1.64. The number of piperidine rings is 1. The van der Waals surface area contributed by atoms with Crippen molar-refractivity contribution in [3.05, 3.63) is 0 Å². The Morgan fingerprint density at radius 3 is 2.53 bits per heavy atom. The number of aliphatic imine (C=N–C) groups is 1. The van der Waals surface area contributed by atoms with Gasteiger partial charge >= 0.3 is 0 Å². The molecule has 0 aliphatic carbocycles. The molecule has 1 saturated heterocycles. The number of amides is 2. The zero-order chi connectivity index (χ0) is 14.0. The molecule has 0 N–H and O–H groups in total. The summed E-state index contributed by atoms with van der Waals surface area (Å²) in [6.45, 7) is 7.28. The van der Waals surface area contributed by atoms with Gasteiger partial charge < -0.3 is 4.90 Å².